The molecule has 0 N–H and O–H groups in total. The lowest BCUT2D eigenvalue weighted by atomic mass is 9.93. The highest BCUT2D eigenvalue weighted by atomic mass is 19.4. The van der Waals surface area contributed by atoms with E-state index in [1.54, 1.807) is 6.07 Å². The summed E-state index contributed by atoms with van der Waals surface area (Å²) in [6, 6.07) is 5.35. The molecule has 1 aromatic rings. The van der Waals surface area contributed by atoms with E-state index in [4.69, 9.17) is 5.26 Å². The Labute approximate surface area is 132 Å². The number of methoxy groups -OCH3 is 1. The Morgan fingerprint density at radius 1 is 1.39 bits per heavy atom. The number of nitriles is 1. The first-order valence-electron chi connectivity index (χ1n) is 7.28. The van der Waals surface area contributed by atoms with Gasteiger partial charge in [0.05, 0.1) is 24.3 Å². The minimum absolute atomic E-state index is 0.194. The zero-order chi connectivity index (χ0) is 17.0. The molecule has 1 heterocycles. The van der Waals surface area contributed by atoms with Crippen molar-refractivity contribution in [3.05, 3.63) is 29.3 Å². The van der Waals surface area contributed by atoms with Gasteiger partial charge in [-0.2, -0.15) is 18.4 Å². The molecular weight excluding hydrogens is 309 g/mol. The van der Waals surface area contributed by atoms with Crippen LogP contribution in [0, 0.1) is 17.2 Å². The smallest absolute Gasteiger partial charge is 0.417 e. The number of hydrogen-bond donors (Lipinski definition) is 0. The van der Waals surface area contributed by atoms with Crippen molar-refractivity contribution in [1.29, 1.82) is 5.26 Å². The Morgan fingerprint density at radius 2 is 2.04 bits per heavy atom. The Kier molecular flexibility index (Phi) is 5.14. The molecule has 0 spiro atoms. The molecule has 1 saturated heterocycles. The highest BCUT2D eigenvalue weighted by Crippen LogP contribution is 2.35. The number of benzene rings is 1. The number of alkyl halides is 3. The number of halogens is 3. The third-order valence-electron chi connectivity index (χ3n) is 4.09. The average molecular weight is 326 g/mol. The molecule has 2 rings (SSSR count). The SMILES string of the molecule is COC(=O)CC1CCN(c2ccc(C#N)c(C(F)(F)F)c2)CC1. The molecule has 4 nitrogen and oxygen atoms in total. The zero-order valence-electron chi connectivity index (χ0n) is 12.7. The lowest BCUT2D eigenvalue weighted by Crippen LogP contribution is -2.34. The topological polar surface area (TPSA) is 53.3 Å². The number of rotatable bonds is 3. The van der Waals surface area contributed by atoms with Crippen molar-refractivity contribution in [2.45, 2.75) is 25.4 Å². The largest absolute Gasteiger partial charge is 0.469 e. The molecule has 0 aromatic heterocycles. The third kappa shape index (κ3) is 4.15. The van der Waals surface area contributed by atoms with Gasteiger partial charge in [0.1, 0.15) is 0 Å². The van der Waals surface area contributed by atoms with E-state index in [1.165, 1.54) is 19.2 Å². The normalized spacial score (nSPS) is 16.0. The summed E-state index contributed by atoms with van der Waals surface area (Å²) in [5.74, 6) is -0.0691. The Morgan fingerprint density at radius 3 is 2.57 bits per heavy atom. The Bertz CT molecular complexity index is 615. The molecule has 0 aliphatic carbocycles. The van der Waals surface area contributed by atoms with Crippen molar-refractivity contribution in [2.24, 2.45) is 5.92 Å². The van der Waals surface area contributed by atoms with Gasteiger partial charge in [0.25, 0.3) is 0 Å². The van der Waals surface area contributed by atoms with E-state index in [-0.39, 0.29) is 17.5 Å². The van der Waals surface area contributed by atoms with Gasteiger partial charge < -0.3 is 9.64 Å². The monoisotopic (exact) mass is 326 g/mol. The van der Waals surface area contributed by atoms with Gasteiger partial charge in [-0.3, -0.25) is 4.79 Å². The predicted octanol–water partition coefficient (Wildman–Crippen LogP) is 3.36. The fourth-order valence-electron chi connectivity index (χ4n) is 2.78. The van der Waals surface area contributed by atoms with Gasteiger partial charge in [0.2, 0.25) is 0 Å². The van der Waals surface area contributed by atoms with Crippen LogP contribution in [0.5, 0.6) is 0 Å². The molecule has 124 valence electrons. The van der Waals surface area contributed by atoms with Crippen LogP contribution in [0.25, 0.3) is 0 Å². The van der Waals surface area contributed by atoms with E-state index in [0.717, 1.165) is 18.9 Å². The van der Waals surface area contributed by atoms with Crippen LogP contribution < -0.4 is 4.90 Å². The maximum Gasteiger partial charge on any atom is 0.417 e. The summed E-state index contributed by atoms with van der Waals surface area (Å²) in [6.07, 6.45) is -2.78. The highest BCUT2D eigenvalue weighted by molar-refractivity contribution is 5.69. The van der Waals surface area contributed by atoms with Crippen LogP contribution in [0.1, 0.15) is 30.4 Å². The van der Waals surface area contributed by atoms with Gasteiger partial charge in [-0.05, 0) is 37.0 Å². The van der Waals surface area contributed by atoms with Crippen LogP contribution in [-0.2, 0) is 15.7 Å². The third-order valence-corrected chi connectivity index (χ3v) is 4.09. The van der Waals surface area contributed by atoms with Crippen molar-refractivity contribution in [3.8, 4) is 6.07 Å². The maximum absolute atomic E-state index is 13.0. The van der Waals surface area contributed by atoms with E-state index >= 15 is 0 Å². The minimum Gasteiger partial charge on any atom is -0.469 e. The number of carbonyl (C=O) groups is 1. The van der Waals surface area contributed by atoms with Gasteiger partial charge in [-0.25, -0.2) is 0 Å². The van der Waals surface area contributed by atoms with E-state index in [2.05, 4.69) is 4.74 Å². The summed E-state index contributed by atoms with van der Waals surface area (Å²) in [6.45, 7) is 1.15. The van der Waals surface area contributed by atoms with E-state index < -0.39 is 11.7 Å². The highest BCUT2D eigenvalue weighted by Gasteiger charge is 2.34. The summed E-state index contributed by atoms with van der Waals surface area (Å²) in [5, 5.41) is 8.82. The minimum atomic E-state index is -4.55. The number of hydrogen-bond acceptors (Lipinski definition) is 4. The van der Waals surface area contributed by atoms with Crippen molar-refractivity contribution in [1.82, 2.24) is 0 Å². The molecule has 7 heteroatoms. The lowest BCUT2D eigenvalue weighted by Gasteiger charge is -2.33. The zero-order valence-corrected chi connectivity index (χ0v) is 12.7. The van der Waals surface area contributed by atoms with E-state index in [9.17, 15) is 18.0 Å². The average Bonchev–Trinajstić information content (AvgIpc) is 2.54. The number of nitrogens with zero attached hydrogens (tertiary/aromatic N) is 2. The van der Waals surface area contributed by atoms with Crippen molar-refractivity contribution >= 4 is 11.7 Å². The van der Waals surface area contributed by atoms with Gasteiger partial charge in [0.15, 0.2) is 0 Å². The second kappa shape index (κ2) is 6.90. The van der Waals surface area contributed by atoms with Gasteiger partial charge in [-0.1, -0.05) is 0 Å². The molecule has 0 saturated carbocycles. The standard InChI is InChI=1S/C16H17F3N2O2/c1-23-15(22)8-11-4-6-21(7-5-11)13-3-2-12(10-20)14(9-13)16(17,18)19/h2-3,9,11H,4-8H2,1H3. The number of piperidine rings is 1. The molecule has 23 heavy (non-hydrogen) atoms. The number of anilines is 1. The van der Waals surface area contributed by atoms with Crippen LogP contribution in [0.15, 0.2) is 18.2 Å². The fraction of sp³-hybridized carbons (Fsp3) is 0.500. The molecule has 1 aliphatic heterocycles. The quantitative estimate of drug-likeness (QED) is 0.799. The second-order valence-electron chi connectivity index (χ2n) is 5.55. The summed E-state index contributed by atoms with van der Waals surface area (Å²) in [7, 11) is 1.34. The molecular formula is C16H17F3N2O2. The first kappa shape index (κ1) is 17.1. The summed E-state index contributed by atoms with van der Waals surface area (Å²) >= 11 is 0. The van der Waals surface area contributed by atoms with Crippen molar-refractivity contribution in [3.63, 3.8) is 0 Å². The van der Waals surface area contributed by atoms with Crippen LogP contribution in [0.3, 0.4) is 0 Å². The van der Waals surface area contributed by atoms with Crippen molar-refractivity contribution in [2.75, 3.05) is 25.1 Å². The number of carbonyl (C=O) groups excluding carboxylic acids is 1. The molecule has 1 aliphatic rings. The maximum atomic E-state index is 13.0. The van der Waals surface area contributed by atoms with E-state index in [0.29, 0.717) is 25.2 Å². The molecule has 0 amide bonds. The second-order valence-corrected chi connectivity index (χ2v) is 5.55. The molecule has 0 radical (unpaired) electrons. The summed E-state index contributed by atoms with van der Waals surface area (Å²) in [5.41, 5.74) is -0.830. The molecule has 1 fully saturated rings. The lowest BCUT2D eigenvalue weighted by molar-refractivity contribution is -0.142. The van der Waals surface area contributed by atoms with Gasteiger partial charge >= 0.3 is 12.1 Å². The van der Waals surface area contributed by atoms with Crippen molar-refractivity contribution < 1.29 is 22.7 Å². The number of ether oxygens (including phenoxy) is 1. The molecule has 0 bridgehead atoms. The van der Waals surface area contributed by atoms with Gasteiger partial charge in [-0.15, -0.1) is 0 Å². The summed E-state index contributed by atoms with van der Waals surface area (Å²) in [4.78, 5) is 13.1. The van der Waals surface area contributed by atoms with Crippen LogP contribution in [-0.4, -0.2) is 26.2 Å². The molecule has 0 atom stereocenters. The van der Waals surface area contributed by atoms with Gasteiger partial charge in [0, 0.05) is 25.2 Å². The first-order valence-corrected chi connectivity index (χ1v) is 7.28. The first-order chi connectivity index (χ1) is 10.8. The fourth-order valence-corrected chi connectivity index (χ4v) is 2.78. The Hall–Kier alpha value is -2.23. The van der Waals surface area contributed by atoms with E-state index in [1.807, 2.05) is 4.90 Å². The summed E-state index contributed by atoms with van der Waals surface area (Å²) < 4.78 is 43.7. The number of esters is 1. The predicted molar refractivity (Wildman–Crippen MR) is 77.7 cm³/mol. The Balaban J connectivity index is 2.10. The molecule has 0 unspecified atom stereocenters. The van der Waals surface area contributed by atoms with Crippen LogP contribution >= 0.6 is 0 Å². The van der Waals surface area contributed by atoms with Crippen LogP contribution in [0.2, 0.25) is 0 Å². The van der Waals surface area contributed by atoms with Crippen LogP contribution in [0.4, 0.5) is 18.9 Å². The molecule has 1 aromatic carbocycles.